The van der Waals surface area contributed by atoms with Crippen molar-refractivity contribution in [3.63, 3.8) is 0 Å². The Labute approximate surface area is 162 Å². The number of rotatable bonds is 5. The van der Waals surface area contributed by atoms with Crippen molar-refractivity contribution in [2.45, 2.75) is 30.6 Å². The molecule has 27 heavy (non-hydrogen) atoms. The number of benzene rings is 1. The van der Waals surface area contributed by atoms with Gasteiger partial charge in [-0.1, -0.05) is 11.8 Å². The van der Waals surface area contributed by atoms with E-state index in [4.69, 9.17) is 9.47 Å². The summed E-state index contributed by atoms with van der Waals surface area (Å²) in [6, 6.07) is 5.67. The van der Waals surface area contributed by atoms with Crippen LogP contribution in [0.3, 0.4) is 0 Å². The molecule has 0 N–H and O–H groups in total. The van der Waals surface area contributed by atoms with E-state index in [0.717, 1.165) is 35.1 Å². The minimum Gasteiger partial charge on any atom is -0.497 e. The zero-order valence-corrected chi connectivity index (χ0v) is 16.3. The number of ether oxygens (including phenoxy) is 2. The number of carbonyl (C=O) groups excluding carboxylic acids is 2. The fraction of sp³-hybridized carbons (Fsp3) is 0.526. The van der Waals surface area contributed by atoms with E-state index >= 15 is 0 Å². The second kappa shape index (κ2) is 7.42. The van der Waals surface area contributed by atoms with E-state index in [1.54, 1.807) is 19.1 Å². The van der Waals surface area contributed by atoms with E-state index in [2.05, 4.69) is 4.99 Å². The highest BCUT2D eigenvalue weighted by Gasteiger charge is 2.42. The maximum Gasteiger partial charge on any atom is 0.242 e. The molecule has 0 aliphatic carbocycles. The molecular weight excluding hydrogens is 366 g/mol. The Morgan fingerprint density at radius 1 is 1.30 bits per heavy atom. The van der Waals surface area contributed by atoms with Gasteiger partial charge in [0.15, 0.2) is 5.17 Å². The van der Waals surface area contributed by atoms with Crippen LogP contribution in [-0.4, -0.2) is 65.9 Å². The molecule has 144 valence electrons. The summed E-state index contributed by atoms with van der Waals surface area (Å²) in [4.78, 5) is 33.4. The van der Waals surface area contributed by atoms with Gasteiger partial charge in [-0.15, -0.1) is 0 Å². The lowest BCUT2D eigenvalue weighted by molar-refractivity contribution is -0.135. The highest BCUT2D eigenvalue weighted by atomic mass is 32.2. The lowest BCUT2D eigenvalue weighted by atomic mass is 10.0. The van der Waals surface area contributed by atoms with Crippen molar-refractivity contribution in [3.8, 4) is 11.5 Å². The topological polar surface area (TPSA) is 71.4 Å². The van der Waals surface area contributed by atoms with E-state index in [9.17, 15) is 9.59 Å². The van der Waals surface area contributed by atoms with Crippen LogP contribution in [0.2, 0.25) is 0 Å². The smallest absolute Gasteiger partial charge is 0.242 e. The number of fused-ring (bicyclic) bond motifs is 1. The molecule has 0 saturated carbocycles. The second-order valence-electron chi connectivity index (χ2n) is 6.82. The highest BCUT2D eigenvalue weighted by Crippen LogP contribution is 2.40. The Hall–Kier alpha value is -2.22. The molecule has 3 heterocycles. The van der Waals surface area contributed by atoms with E-state index in [1.807, 2.05) is 23.1 Å². The normalized spacial score (nSPS) is 24.2. The van der Waals surface area contributed by atoms with Crippen LogP contribution in [-0.2, 0) is 9.59 Å². The van der Waals surface area contributed by atoms with Crippen LogP contribution >= 0.6 is 11.8 Å². The van der Waals surface area contributed by atoms with Gasteiger partial charge in [-0.3, -0.25) is 19.5 Å². The van der Waals surface area contributed by atoms with E-state index in [-0.39, 0.29) is 29.5 Å². The van der Waals surface area contributed by atoms with Gasteiger partial charge >= 0.3 is 0 Å². The van der Waals surface area contributed by atoms with E-state index in [0.29, 0.717) is 19.6 Å². The summed E-state index contributed by atoms with van der Waals surface area (Å²) >= 11 is 1.42. The number of aliphatic imine (C=N–C) groups is 1. The zero-order valence-electron chi connectivity index (χ0n) is 15.5. The zero-order chi connectivity index (χ0) is 19.0. The van der Waals surface area contributed by atoms with Gasteiger partial charge in [-0.2, -0.15) is 0 Å². The number of methoxy groups -OCH3 is 2. The molecule has 0 spiro atoms. The second-order valence-corrected chi connectivity index (χ2v) is 7.99. The summed E-state index contributed by atoms with van der Waals surface area (Å²) in [7, 11) is 3.24. The van der Waals surface area contributed by atoms with Crippen molar-refractivity contribution in [1.82, 2.24) is 9.80 Å². The van der Waals surface area contributed by atoms with Gasteiger partial charge in [0, 0.05) is 31.1 Å². The van der Waals surface area contributed by atoms with Gasteiger partial charge in [0.25, 0.3) is 0 Å². The molecular formula is C19H23N3O4S. The summed E-state index contributed by atoms with van der Waals surface area (Å²) in [6.45, 7) is 2.01. The van der Waals surface area contributed by atoms with Crippen LogP contribution in [0, 0.1) is 0 Å². The third-order valence-corrected chi connectivity index (χ3v) is 6.54. The average Bonchev–Trinajstić information content (AvgIpc) is 3.40. The fourth-order valence-corrected chi connectivity index (χ4v) is 5.15. The number of hydrogen-bond donors (Lipinski definition) is 0. The van der Waals surface area contributed by atoms with Crippen molar-refractivity contribution in [2.75, 3.05) is 33.9 Å². The molecule has 0 bridgehead atoms. The van der Waals surface area contributed by atoms with Crippen LogP contribution in [0.1, 0.15) is 30.9 Å². The van der Waals surface area contributed by atoms with Crippen molar-refractivity contribution >= 4 is 28.7 Å². The molecule has 4 rings (SSSR count). The Bertz CT molecular complexity index is 797. The number of amides is 2. The number of likely N-dealkylation sites (tertiary alicyclic amines) is 1. The third-order valence-electron chi connectivity index (χ3n) is 5.32. The van der Waals surface area contributed by atoms with Gasteiger partial charge in [0.2, 0.25) is 11.8 Å². The van der Waals surface area contributed by atoms with Crippen LogP contribution in [0.25, 0.3) is 0 Å². The minimum atomic E-state index is -0.351. The summed E-state index contributed by atoms with van der Waals surface area (Å²) in [6.07, 6.45) is 2.04. The summed E-state index contributed by atoms with van der Waals surface area (Å²) in [5.74, 6) is 1.48. The molecule has 1 aromatic carbocycles. The van der Waals surface area contributed by atoms with Gasteiger partial charge in [0.05, 0.1) is 26.8 Å². The Morgan fingerprint density at radius 2 is 2.15 bits per heavy atom. The first-order valence-corrected chi connectivity index (χ1v) is 10.0. The average molecular weight is 389 g/mol. The molecule has 2 unspecified atom stereocenters. The Balaban J connectivity index is 1.50. The largest absolute Gasteiger partial charge is 0.497 e. The molecule has 8 heteroatoms. The quantitative estimate of drug-likeness (QED) is 0.771. The minimum absolute atomic E-state index is 0.0161. The molecule has 2 atom stereocenters. The predicted octanol–water partition coefficient (Wildman–Crippen LogP) is 2.07. The molecule has 3 aliphatic rings. The van der Waals surface area contributed by atoms with Gasteiger partial charge < -0.3 is 14.4 Å². The summed E-state index contributed by atoms with van der Waals surface area (Å²) < 4.78 is 10.8. The van der Waals surface area contributed by atoms with Crippen LogP contribution in [0.15, 0.2) is 23.2 Å². The first kappa shape index (κ1) is 18.2. The number of hydrogen-bond acceptors (Lipinski definition) is 6. The number of amidine groups is 1. The van der Waals surface area contributed by atoms with E-state index < -0.39 is 0 Å². The lowest BCUT2D eigenvalue weighted by Crippen LogP contribution is -2.36. The number of nitrogens with zero attached hydrogens (tertiary/aromatic N) is 3. The Kier molecular flexibility index (Phi) is 4.99. The van der Waals surface area contributed by atoms with Gasteiger partial charge in [0.1, 0.15) is 16.7 Å². The van der Waals surface area contributed by atoms with Crippen LogP contribution in [0.5, 0.6) is 11.5 Å². The standard InChI is InChI=1S/C19H23N3O4S/c1-25-12-5-6-13(15(10-12)26-2)14-4-3-8-21(14)17(23)11-16-18(24)22-9-7-20-19(22)27-16/h5-6,10,14,16H,3-4,7-9,11H2,1-2H3. The maximum absolute atomic E-state index is 13.0. The van der Waals surface area contributed by atoms with Crippen molar-refractivity contribution in [3.05, 3.63) is 23.8 Å². The SMILES string of the molecule is COc1ccc(C2CCCN2C(=O)CC2SC3=NCCN3C2=O)c(OC)c1. The molecule has 3 aliphatic heterocycles. The first-order valence-electron chi connectivity index (χ1n) is 9.16. The fourth-order valence-electron chi connectivity index (χ4n) is 3.97. The Morgan fingerprint density at radius 3 is 2.89 bits per heavy atom. The van der Waals surface area contributed by atoms with Crippen molar-refractivity contribution < 1.29 is 19.1 Å². The van der Waals surface area contributed by atoms with Gasteiger partial charge in [-0.05, 0) is 25.0 Å². The van der Waals surface area contributed by atoms with Crippen molar-refractivity contribution in [2.24, 2.45) is 4.99 Å². The summed E-state index contributed by atoms with van der Waals surface area (Å²) in [5, 5.41) is 0.420. The number of thioether (sulfide) groups is 1. The predicted molar refractivity (Wildman–Crippen MR) is 103 cm³/mol. The molecule has 2 fully saturated rings. The highest BCUT2D eigenvalue weighted by molar-refractivity contribution is 8.15. The first-order chi connectivity index (χ1) is 13.1. The van der Waals surface area contributed by atoms with Crippen molar-refractivity contribution in [1.29, 1.82) is 0 Å². The molecule has 1 aromatic rings. The molecule has 0 aromatic heterocycles. The number of carbonyl (C=O) groups is 2. The van der Waals surface area contributed by atoms with Gasteiger partial charge in [-0.25, -0.2) is 0 Å². The maximum atomic E-state index is 13.0. The molecule has 7 nitrogen and oxygen atoms in total. The van der Waals surface area contributed by atoms with Crippen LogP contribution < -0.4 is 9.47 Å². The van der Waals surface area contributed by atoms with E-state index in [1.165, 1.54) is 11.8 Å². The third kappa shape index (κ3) is 3.26. The van der Waals surface area contributed by atoms with Crippen LogP contribution in [0.4, 0.5) is 0 Å². The lowest BCUT2D eigenvalue weighted by Gasteiger charge is -2.27. The summed E-state index contributed by atoms with van der Waals surface area (Å²) in [5.41, 5.74) is 0.986. The molecule has 2 saturated heterocycles. The molecule has 0 radical (unpaired) electrons. The molecule has 2 amide bonds. The monoisotopic (exact) mass is 389 g/mol.